The number of nitrogens with one attached hydrogen (secondary N) is 1. The van der Waals surface area contributed by atoms with Crippen LogP contribution in [0.2, 0.25) is 0 Å². The van der Waals surface area contributed by atoms with Crippen molar-refractivity contribution in [3.63, 3.8) is 0 Å². The van der Waals surface area contributed by atoms with Gasteiger partial charge in [-0.2, -0.15) is 16.3 Å². The smallest absolute Gasteiger partial charge is 0.230 e. The third kappa shape index (κ3) is 3.04. The summed E-state index contributed by atoms with van der Waals surface area (Å²) in [6.07, 6.45) is 1.21. The summed E-state index contributed by atoms with van der Waals surface area (Å²) in [7, 11) is 0. The highest BCUT2D eigenvalue weighted by molar-refractivity contribution is 7.08. The van der Waals surface area contributed by atoms with Crippen molar-refractivity contribution >= 4 is 33.8 Å². The minimum atomic E-state index is 0.0540. The minimum absolute atomic E-state index is 0.0540. The van der Waals surface area contributed by atoms with Crippen molar-refractivity contribution in [3.05, 3.63) is 64.9 Å². The monoisotopic (exact) mass is 373 g/mol. The fraction of sp³-hybridized carbons (Fsp3) is 0.0952. The third-order valence-electron chi connectivity index (χ3n) is 4.53. The van der Waals surface area contributed by atoms with Crippen LogP contribution in [0.1, 0.15) is 12.0 Å². The molecule has 0 spiro atoms. The summed E-state index contributed by atoms with van der Waals surface area (Å²) >= 11 is 1.61. The van der Waals surface area contributed by atoms with Gasteiger partial charge in [-0.05, 0) is 53.8 Å². The van der Waals surface area contributed by atoms with Gasteiger partial charge in [0, 0.05) is 23.1 Å². The Balaban J connectivity index is 1.57. The van der Waals surface area contributed by atoms with Gasteiger partial charge in [-0.3, -0.25) is 4.79 Å². The SMILES string of the molecule is O=C1CCc2cc(Oc3nc(-c4ccsc4)nc4ccccc34)ccc2N1. The van der Waals surface area contributed by atoms with Crippen LogP contribution in [-0.4, -0.2) is 15.9 Å². The Bertz CT molecular complexity index is 1160. The number of hydrogen-bond acceptors (Lipinski definition) is 5. The second-order valence-corrected chi connectivity index (χ2v) is 7.13. The lowest BCUT2D eigenvalue weighted by atomic mass is 10.0. The molecule has 132 valence electrons. The van der Waals surface area contributed by atoms with Crippen LogP contribution in [-0.2, 0) is 11.2 Å². The van der Waals surface area contributed by atoms with Gasteiger partial charge in [0.1, 0.15) is 5.75 Å². The highest BCUT2D eigenvalue weighted by Crippen LogP contribution is 2.33. The first-order valence-corrected chi connectivity index (χ1v) is 9.60. The second-order valence-electron chi connectivity index (χ2n) is 6.35. The molecule has 0 radical (unpaired) electrons. The maximum Gasteiger partial charge on any atom is 0.230 e. The maximum absolute atomic E-state index is 11.5. The van der Waals surface area contributed by atoms with Crippen LogP contribution in [0.3, 0.4) is 0 Å². The number of carbonyl (C=O) groups is 1. The van der Waals surface area contributed by atoms with Gasteiger partial charge in [0.15, 0.2) is 5.82 Å². The molecule has 4 aromatic rings. The van der Waals surface area contributed by atoms with Gasteiger partial charge in [-0.25, -0.2) is 4.98 Å². The zero-order valence-electron chi connectivity index (χ0n) is 14.3. The first-order chi connectivity index (χ1) is 13.3. The Morgan fingerprint density at radius 3 is 2.85 bits per heavy atom. The van der Waals surface area contributed by atoms with Gasteiger partial charge in [0.25, 0.3) is 0 Å². The molecule has 0 saturated carbocycles. The molecule has 1 aliphatic heterocycles. The number of hydrogen-bond donors (Lipinski definition) is 1. The number of benzene rings is 2. The summed E-state index contributed by atoms with van der Waals surface area (Å²) in [4.78, 5) is 20.9. The van der Waals surface area contributed by atoms with E-state index in [-0.39, 0.29) is 5.91 Å². The number of para-hydroxylation sites is 1. The quantitative estimate of drug-likeness (QED) is 0.547. The number of rotatable bonds is 3. The van der Waals surface area contributed by atoms with Crippen LogP contribution >= 0.6 is 11.3 Å². The highest BCUT2D eigenvalue weighted by Gasteiger charge is 2.16. The van der Waals surface area contributed by atoms with Crippen LogP contribution in [0.5, 0.6) is 11.6 Å². The summed E-state index contributed by atoms with van der Waals surface area (Å²) in [6, 6.07) is 15.5. The first kappa shape index (κ1) is 16.0. The lowest BCUT2D eigenvalue weighted by Crippen LogP contribution is -2.18. The van der Waals surface area contributed by atoms with E-state index in [1.165, 1.54) is 0 Å². The van der Waals surface area contributed by atoms with Crippen LogP contribution in [0.4, 0.5) is 5.69 Å². The predicted molar refractivity (Wildman–Crippen MR) is 106 cm³/mol. The number of fused-ring (bicyclic) bond motifs is 2. The molecule has 1 N–H and O–H groups in total. The van der Waals surface area contributed by atoms with Gasteiger partial charge >= 0.3 is 0 Å². The zero-order valence-corrected chi connectivity index (χ0v) is 15.1. The fourth-order valence-corrected chi connectivity index (χ4v) is 3.82. The summed E-state index contributed by atoms with van der Waals surface area (Å²) < 4.78 is 6.16. The van der Waals surface area contributed by atoms with Crippen molar-refractivity contribution in [2.45, 2.75) is 12.8 Å². The van der Waals surface area contributed by atoms with Gasteiger partial charge in [-0.1, -0.05) is 12.1 Å². The minimum Gasteiger partial charge on any atom is -0.438 e. The molecule has 2 aromatic heterocycles. The number of carbonyl (C=O) groups excluding carboxylic acids is 1. The average molecular weight is 373 g/mol. The molecule has 5 rings (SSSR count). The van der Waals surface area contributed by atoms with Crippen molar-refractivity contribution < 1.29 is 9.53 Å². The molecular formula is C21H15N3O2S. The average Bonchev–Trinajstić information content (AvgIpc) is 3.23. The summed E-state index contributed by atoms with van der Waals surface area (Å²) in [5.74, 6) is 1.93. The van der Waals surface area contributed by atoms with Crippen molar-refractivity contribution in [2.24, 2.45) is 0 Å². The Morgan fingerprint density at radius 2 is 1.96 bits per heavy atom. The van der Waals surface area contributed by atoms with E-state index in [1.54, 1.807) is 11.3 Å². The molecule has 3 heterocycles. The molecule has 1 aliphatic rings. The molecule has 5 nitrogen and oxygen atoms in total. The molecule has 0 atom stereocenters. The van der Waals surface area contributed by atoms with Gasteiger partial charge in [-0.15, -0.1) is 0 Å². The van der Waals surface area contributed by atoms with Crippen LogP contribution < -0.4 is 10.1 Å². The Hall–Kier alpha value is -3.25. The van der Waals surface area contributed by atoms with Gasteiger partial charge < -0.3 is 10.1 Å². The van der Waals surface area contributed by atoms with E-state index in [0.29, 0.717) is 30.3 Å². The molecule has 27 heavy (non-hydrogen) atoms. The predicted octanol–water partition coefficient (Wildman–Crippen LogP) is 5.04. The fourth-order valence-electron chi connectivity index (χ4n) is 3.18. The van der Waals surface area contributed by atoms with E-state index >= 15 is 0 Å². The molecule has 0 bridgehead atoms. The van der Waals surface area contributed by atoms with Crippen molar-refractivity contribution in [2.75, 3.05) is 5.32 Å². The number of nitrogens with zero attached hydrogens (tertiary/aromatic N) is 2. The van der Waals surface area contributed by atoms with Gasteiger partial charge in [0.05, 0.1) is 10.9 Å². The van der Waals surface area contributed by atoms with E-state index < -0.39 is 0 Å². The Morgan fingerprint density at radius 1 is 1.04 bits per heavy atom. The van der Waals surface area contributed by atoms with Crippen molar-refractivity contribution in [3.8, 4) is 23.0 Å². The number of aryl methyl sites for hydroxylation is 1. The molecular weight excluding hydrogens is 358 g/mol. The standard InChI is InChI=1S/C21H15N3O2S/c25-19-8-5-13-11-15(6-7-17(13)22-19)26-21-16-3-1-2-4-18(16)23-20(24-21)14-9-10-27-12-14/h1-4,6-7,9-12H,5,8H2,(H,22,25). The number of amides is 1. The summed E-state index contributed by atoms with van der Waals surface area (Å²) in [5, 5.41) is 7.78. The highest BCUT2D eigenvalue weighted by atomic mass is 32.1. The van der Waals surface area contributed by atoms with Crippen molar-refractivity contribution in [1.29, 1.82) is 0 Å². The van der Waals surface area contributed by atoms with E-state index in [0.717, 1.165) is 27.7 Å². The third-order valence-corrected chi connectivity index (χ3v) is 5.22. The number of ether oxygens (including phenoxy) is 1. The van der Waals surface area contributed by atoms with E-state index in [1.807, 2.05) is 59.3 Å². The molecule has 0 saturated heterocycles. The Kier molecular flexibility index (Phi) is 3.83. The molecule has 1 amide bonds. The summed E-state index contributed by atoms with van der Waals surface area (Å²) in [5.41, 5.74) is 3.74. The Labute approximate surface area is 159 Å². The normalized spacial score (nSPS) is 13.3. The largest absolute Gasteiger partial charge is 0.438 e. The second kappa shape index (κ2) is 6.48. The van der Waals surface area contributed by atoms with E-state index in [4.69, 9.17) is 4.74 Å². The lowest BCUT2D eigenvalue weighted by molar-refractivity contribution is -0.116. The lowest BCUT2D eigenvalue weighted by Gasteiger charge is -2.17. The zero-order chi connectivity index (χ0) is 18.2. The molecule has 0 unspecified atom stereocenters. The summed E-state index contributed by atoms with van der Waals surface area (Å²) in [6.45, 7) is 0. The molecule has 6 heteroatoms. The van der Waals surface area contributed by atoms with Crippen LogP contribution in [0, 0.1) is 0 Å². The number of thiophene rings is 1. The topological polar surface area (TPSA) is 64.1 Å². The maximum atomic E-state index is 11.5. The number of anilines is 1. The van der Waals surface area contributed by atoms with E-state index in [9.17, 15) is 4.79 Å². The molecule has 0 fully saturated rings. The molecule has 2 aromatic carbocycles. The molecule has 0 aliphatic carbocycles. The number of aromatic nitrogens is 2. The van der Waals surface area contributed by atoms with Crippen molar-refractivity contribution in [1.82, 2.24) is 9.97 Å². The van der Waals surface area contributed by atoms with Crippen LogP contribution in [0.15, 0.2) is 59.3 Å². The first-order valence-electron chi connectivity index (χ1n) is 8.66. The van der Waals surface area contributed by atoms with E-state index in [2.05, 4.69) is 15.3 Å². The van der Waals surface area contributed by atoms with Crippen LogP contribution in [0.25, 0.3) is 22.3 Å². The van der Waals surface area contributed by atoms with Gasteiger partial charge in [0.2, 0.25) is 11.8 Å².